The van der Waals surface area contributed by atoms with Crippen molar-refractivity contribution in [2.45, 2.75) is 77.7 Å². The van der Waals surface area contributed by atoms with E-state index in [2.05, 4.69) is 12.2 Å². The van der Waals surface area contributed by atoms with E-state index in [1.807, 2.05) is 36.4 Å². The minimum absolute atomic E-state index is 0.634. The number of unbranched alkanes of at least 4 members (excludes halogenated alkanes) is 9. The monoisotopic (exact) mass is 435 g/mol. The van der Waals surface area contributed by atoms with Crippen molar-refractivity contribution >= 4 is 28.9 Å². The summed E-state index contributed by atoms with van der Waals surface area (Å²) in [5.41, 5.74) is 2.01. The summed E-state index contributed by atoms with van der Waals surface area (Å²) < 4.78 is 6.03. The SMILES string of the molecule is CCCCCCCCCCCCOc1ccccc1NCc1ccc(Cl)cc1Cl. The predicted octanol–water partition coefficient (Wildman–Crippen LogP) is 8.91. The van der Waals surface area contributed by atoms with E-state index in [0.717, 1.165) is 30.0 Å². The zero-order valence-electron chi connectivity index (χ0n) is 17.7. The summed E-state index contributed by atoms with van der Waals surface area (Å²) in [4.78, 5) is 0. The van der Waals surface area contributed by atoms with Gasteiger partial charge in [0.1, 0.15) is 5.75 Å². The maximum atomic E-state index is 6.27. The van der Waals surface area contributed by atoms with Crippen LogP contribution < -0.4 is 10.1 Å². The van der Waals surface area contributed by atoms with Crippen LogP contribution in [0.15, 0.2) is 42.5 Å². The molecular formula is C25H35Cl2NO. The maximum Gasteiger partial charge on any atom is 0.142 e. The van der Waals surface area contributed by atoms with Crippen molar-refractivity contribution in [2.75, 3.05) is 11.9 Å². The number of nitrogens with one attached hydrogen (secondary N) is 1. The molecule has 2 nitrogen and oxygen atoms in total. The minimum Gasteiger partial charge on any atom is -0.491 e. The molecule has 0 amide bonds. The highest BCUT2D eigenvalue weighted by molar-refractivity contribution is 6.35. The molecule has 0 heterocycles. The Morgan fingerprint density at radius 1 is 0.793 bits per heavy atom. The van der Waals surface area contributed by atoms with Crippen LogP contribution >= 0.6 is 23.2 Å². The molecule has 0 saturated heterocycles. The Balaban J connectivity index is 1.63. The first-order valence-corrected chi connectivity index (χ1v) is 11.9. The molecule has 0 spiro atoms. The molecule has 0 fully saturated rings. The van der Waals surface area contributed by atoms with E-state index in [-0.39, 0.29) is 0 Å². The number of halogens is 2. The summed E-state index contributed by atoms with van der Waals surface area (Å²) in [5, 5.41) is 4.75. The Morgan fingerprint density at radius 3 is 2.14 bits per heavy atom. The van der Waals surface area contributed by atoms with Crippen LogP contribution in [0.1, 0.15) is 76.7 Å². The molecule has 0 saturated carbocycles. The smallest absolute Gasteiger partial charge is 0.142 e. The van der Waals surface area contributed by atoms with Gasteiger partial charge in [-0.3, -0.25) is 0 Å². The van der Waals surface area contributed by atoms with Crippen LogP contribution in [-0.2, 0) is 6.54 Å². The van der Waals surface area contributed by atoms with Gasteiger partial charge in [-0.1, -0.05) is 106 Å². The first-order valence-electron chi connectivity index (χ1n) is 11.1. The largest absolute Gasteiger partial charge is 0.491 e. The topological polar surface area (TPSA) is 21.3 Å². The maximum absolute atomic E-state index is 6.27. The van der Waals surface area contributed by atoms with Gasteiger partial charge >= 0.3 is 0 Å². The number of ether oxygens (including phenoxy) is 1. The van der Waals surface area contributed by atoms with Crippen molar-refractivity contribution in [1.29, 1.82) is 0 Å². The van der Waals surface area contributed by atoms with E-state index in [1.165, 1.54) is 57.8 Å². The van der Waals surface area contributed by atoms with Crippen LogP contribution in [0.5, 0.6) is 5.75 Å². The van der Waals surface area contributed by atoms with Gasteiger partial charge in [0.05, 0.1) is 12.3 Å². The molecule has 0 radical (unpaired) electrons. The summed E-state index contributed by atoms with van der Waals surface area (Å²) in [6, 6.07) is 13.7. The summed E-state index contributed by atoms with van der Waals surface area (Å²) in [6.45, 7) is 3.66. The number of rotatable bonds is 15. The number of para-hydroxylation sites is 2. The van der Waals surface area contributed by atoms with Crippen LogP contribution in [0.3, 0.4) is 0 Å². The summed E-state index contributed by atoms with van der Waals surface area (Å²) in [7, 11) is 0. The van der Waals surface area contributed by atoms with Crippen molar-refractivity contribution in [3.63, 3.8) is 0 Å². The molecule has 4 heteroatoms. The fourth-order valence-electron chi connectivity index (χ4n) is 3.37. The lowest BCUT2D eigenvalue weighted by Gasteiger charge is -2.14. The van der Waals surface area contributed by atoms with E-state index in [9.17, 15) is 0 Å². The first-order chi connectivity index (χ1) is 14.2. The molecule has 2 aromatic carbocycles. The Hall–Kier alpha value is -1.38. The van der Waals surface area contributed by atoms with Gasteiger partial charge in [0.15, 0.2) is 0 Å². The molecule has 1 N–H and O–H groups in total. The third-order valence-electron chi connectivity index (χ3n) is 5.13. The number of hydrogen-bond donors (Lipinski definition) is 1. The molecule has 0 unspecified atom stereocenters. The van der Waals surface area contributed by atoms with Crippen molar-refractivity contribution in [1.82, 2.24) is 0 Å². The highest BCUT2D eigenvalue weighted by Gasteiger charge is 2.05. The van der Waals surface area contributed by atoms with Crippen LogP contribution in [0.25, 0.3) is 0 Å². The van der Waals surface area contributed by atoms with Gasteiger partial charge in [-0.15, -0.1) is 0 Å². The van der Waals surface area contributed by atoms with Crippen LogP contribution in [0.4, 0.5) is 5.69 Å². The first kappa shape index (κ1) is 23.9. The molecule has 0 atom stereocenters. The third kappa shape index (κ3) is 9.78. The second kappa shape index (κ2) is 14.6. The van der Waals surface area contributed by atoms with Gasteiger partial charge in [-0.05, 0) is 36.2 Å². The summed E-state index contributed by atoms with van der Waals surface area (Å²) in [5.74, 6) is 0.897. The van der Waals surface area contributed by atoms with Gasteiger partial charge in [0.2, 0.25) is 0 Å². The Morgan fingerprint density at radius 2 is 1.45 bits per heavy atom. The molecule has 160 valence electrons. The van der Waals surface area contributed by atoms with Crippen molar-refractivity contribution < 1.29 is 4.74 Å². The highest BCUT2D eigenvalue weighted by Crippen LogP contribution is 2.27. The highest BCUT2D eigenvalue weighted by atomic mass is 35.5. The lowest BCUT2D eigenvalue weighted by Crippen LogP contribution is -2.04. The standard InChI is InChI=1S/C25H35Cl2NO/c1-2-3-4-5-6-7-8-9-10-13-18-29-25-15-12-11-14-24(25)28-20-21-16-17-22(26)19-23(21)27/h11-12,14-17,19,28H,2-10,13,18,20H2,1H3. The van der Waals surface area contributed by atoms with Crippen molar-refractivity contribution in [2.24, 2.45) is 0 Å². The Kier molecular flexibility index (Phi) is 12.0. The summed E-state index contributed by atoms with van der Waals surface area (Å²) in [6.07, 6.45) is 13.3. The molecule has 29 heavy (non-hydrogen) atoms. The van der Waals surface area contributed by atoms with E-state index in [4.69, 9.17) is 27.9 Å². The molecule has 0 aliphatic rings. The van der Waals surface area contributed by atoms with Crippen LogP contribution in [0, 0.1) is 0 Å². The average molecular weight is 436 g/mol. The molecule has 0 aromatic heterocycles. The minimum atomic E-state index is 0.634. The lowest BCUT2D eigenvalue weighted by atomic mass is 10.1. The van der Waals surface area contributed by atoms with Gasteiger partial charge in [-0.2, -0.15) is 0 Å². The Labute approximate surface area is 187 Å². The Bertz CT molecular complexity index is 705. The van der Waals surface area contributed by atoms with Gasteiger partial charge < -0.3 is 10.1 Å². The molecule has 2 aromatic rings. The zero-order chi connectivity index (χ0) is 20.7. The molecule has 2 rings (SSSR count). The lowest BCUT2D eigenvalue weighted by molar-refractivity contribution is 0.305. The molecule has 0 aliphatic carbocycles. The summed E-state index contributed by atoms with van der Waals surface area (Å²) >= 11 is 12.2. The van der Waals surface area contributed by atoms with Gasteiger partial charge in [-0.25, -0.2) is 0 Å². The molecule has 0 bridgehead atoms. The number of benzene rings is 2. The fraction of sp³-hybridized carbons (Fsp3) is 0.520. The third-order valence-corrected chi connectivity index (χ3v) is 5.71. The number of hydrogen-bond acceptors (Lipinski definition) is 2. The normalized spacial score (nSPS) is 10.9. The second-order valence-corrected chi connectivity index (χ2v) is 8.46. The average Bonchev–Trinajstić information content (AvgIpc) is 2.72. The molecular weight excluding hydrogens is 401 g/mol. The van der Waals surface area contributed by atoms with E-state index < -0.39 is 0 Å². The second-order valence-electron chi connectivity index (χ2n) is 7.62. The zero-order valence-corrected chi connectivity index (χ0v) is 19.2. The molecule has 0 aliphatic heterocycles. The van der Waals surface area contributed by atoms with Gasteiger partial charge in [0, 0.05) is 16.6 Å². The van der Waals surface area contributed by atoms with E-state index in [1.54, 1.807) is 6.07 Å². The van der Waals surface area contributed by atoms with E-state index >= 15 is 0 Å². The van der Waals surface area contributed by atoms with Crippen molar-refractivity contribution in [3.8, 4) is 5.75 Å². The van der Waals surface area contributed by atoms with Gasteiger partial charge in [0.25, 0.3) is 0 Å². The quantitative estimate of drug-likeness (QED) is 0.281. The van der Waals surface area contributed by atoms with Crippen molar-refractivity contribution in [3.05, 3.63) is 58.1 Å². The number of anilines is 1. The van der Waals surface area contributed by atoms with E-state index in [0.29, 0.717) is 16.6 Å². The predicted molar refractivity (Wildman–Crippen MR) is 128 cm³/mol. The fourth-order valence-corrected chi connectivity index (χ4v) is 3.84. The van der Waals surface area contributed by atoms with Crippen LogP contribution in [-0.4, -0.2) is 6.61 Å². The van der Waals surface area contributed by atoms with Crippen LogP contribution in [0.2, 0.25) is 10.0 Å².